The Labute approximate surface area is 193 Å². The predicted octanol–water partition coefficient (Wildman–Crippen LogP) is 4.44. The SMILES string of the molecule is Cc1ccc(/C=C/C2=Cc3c(sc(NC(=O)Cn4cnc([N+](=O)[O-])n4)c3C#N)C(C)(C)C2)o1. The molecule has 0 atom stereocenters. The van der Waals surface area contributed by atoms with Crippen LogP contribution in [0, 0.1) is 28.4 Å². The largest absolute Gasteiger partial charge is 0.490 e. The maximum atomic E-state index is 12.5. The van der Waals surface area contributed by atoms with Crippen LogP contribution in [0.4, 0.5) is 10.9 Å². The lowest BCUT2D eigenvalue weighted by molar-refractivity contribution is -0.394. The first-order chi connectivity index (χ1) is 15.7. The smallest absolute Gasteiger partial charge is 0.462 e. The second-order valence-corrected chi connectivity index (χ2v) is 9.29. The van der Waals surface area contributed by atoms with Gasteiger partial charge in [0.25, 0.3) is 0 Å². The average Bonchev–Trinajstić information content (AvgIpc) is 3.45. The Morgan fingerprint density at radius 3 is 2.88 bits per heavy atom. The van der Waals surface area contributed by atoms with Crippen molar-refractivity contribution in [2.24, 2.45) is 0 Å². The van der Waals surface area contributed by atoms with Gasteiger partial charge in [-0.15, -0.1) is 11.3 Å². The highest BCUT2D eigenvalue weighted by atomic mass is 32.1. The number of amides is 1. The Bertz CT molecular complexity index is 1350. The molecule has 1 aliphatic rings. The molecule has 0 aliphatic heterocycles. The van der Waals surface area contributed by atoms with Crippen LogP contribution in [0.25, 0.3) is 12.2 Å². The molecular formula is C22H20N6O4S. The molecule has 0 saturated heterocycles. The zero-order valence-corrected chi connectivity index (χ0v) is 19.0. The van der Waals surface area contributed by atoms with E-state index in [4.69, 9.17) is 4.42 Å². The van der Waals surface area contributed by atoms with Gasteiger partial charge >= 0.3 is 5.95 Å². The molecule has 0 unspecified atom stereocenters. The number of allylic oxidation sites excluding steroid dienone is 2. The second kappa shape index (κ2) is 8.48. The Balaban J connectivity index is 1.59. The zero-order chi connectivity index (χ0) is 23.8. The van der Waals surface area contributed by atoms with E-state index < -0.39 is 16.8 Å². The fourth-order valence-corrected chi connectivity index (χ4v) is 4.95. The van der Waals surface area contributed by atoms with Crippen molar-refractivity contribution in [3.63, 3.8) is 0 Å². The van der Waals surface area contributed by atoms with Crippen LogP contribution >= 0.6 is 11.3 Å². The number of hydrogen-bond acceptors (Lipinski definition) is 8. The van der Waals surface area contributed by atoms with Gasteiger partial charge in [-0.3, -0.25) is 4.79 Å². The lowest BCUT2D eigenvalue weighted by Crippen LogP contribution is -2.20. The van der Waals surface area contributed by atoms with Gasteiger partial charge in [0.2, 0.25) is 12.2 Å². The molecule has 10 nitrogen and oxygen atoms in total. The van der Waals surface area contributed by atoms with Crippen molar-refractivity contribution in [1.82, 2.24) is 14.8 Å². The normalized spacial score (nSPS) is 14.5. The highest BCUT2D eigenvalue weighted by Crippen LogP contribution is 2.47. The van der Waals surface area contributed by atoms with Gasteiger partial charge in [-0.1, -0.05) is 24.9 Å². The maximum absolute atomic E-state index is 12.5. The van der Waals surface area contributed by atoms with Gasteiger partial charge in [0.1, 0.15) is 29.1 Å². The molecule has 0 aromatic carbocycles. The summed E-state index contributed by atoms with van der Waals surface area (Å²) >= 11 is 1.37. The number of rotatable bonds is 6. The summed E-state index contributed by atoms with van der Waals surface area (Å²) in [6, 6.07) is 6.01. The summed E-state index contributed by atoms with van der Waals surface area (Å²) in [5, 5.41) is 27.4. The van der Waals surface area contributed by atoms with Crippen molar-refractivity contribution < 1.29 is 14.1 Å². The summed E-state index contributed by atoms with van der Waals surface area (Å²) in [6.07, 6.45) is 7.74. The number of aryl methyl sites for hydroxylation is 1. The monoisotopic (exact) mass is 464 g/mol. The Morgan fingerprint density at radius 2 is 2.24 bits per heavy atom. The van der Waals surface area contributed by atoms with Crippen molar-refractivity contribution in [3.05, 3.63) is 67.7 Å². The molecule has 3 heterocycles. The first-order valence-electron chi connectivity index (χ1n) is 10.0. The molecule has 0 saturated carbocycles. The fourth-order valence-electron chi connectivity index (χ4n) is 3.71. The van der Waals surface area contributed by atoms with Crippen LogP contribution in [0.2, 0.25) is 0 Å². The molecule has 0 spiro atoms. The lowest BCUT2D eigenvalue weighted by atomic mass is 9.77. The first-order valence-corrected chi connectivity index (χ1v) is 10.8. The van der Waals surface area contributed by atoms with Gasteiger partial charge < -0.3 is 19.8 Å². The van der Waals surface area contributed by atoms with Crippen LogP contribution in [-0.2, 0) is 16.8 Å². The number of nitrogens with one attached hydrogen (secondary N) is 1. The number of nitrogens with zero attached hydrogens (tertiary/aromatic N) is 5. The lowest BCUT2D eigenvalue weighted by Gasteiger charge is -2.29. The second-order valence-electron chi connectivity index (χ2n) is 8.27. The molecule has 3 aromatic rings. The number of carbonyl (C=O) groups excluding carboxylic acids is 1. The van der Waals surface area contributed by atoms with Crippen LogP contribution < -0.4 is 5.32 Å². The first kappa shape index (κ1) is 22.2. The van der Waals surface area contributed by atoms with E-state index in [1.54, 1.807) is 0 Å². The van der Waals surface area contributed by atoms with Crippen molar-refractivity contribution in [2.75, 3.05) is 5.32 Å². The zero-order valence-electron chi connectivity index (χ0n) is 18.2. The minimum absolute atomic E-state index is 0.241. The molecule has 168 valence electrons. The maximum Gasteiger partial charge on any atom is 0.490 e. The van der Waals surface area contributed by atoms with E-state index in [1.807, 2.05) is 37.3 Å². The third-order valence-corrected chi connectivity index (χ3v) is 6.60. The van der Waals surface area contributed by atoms with Crippen LogP contribution in [0.3, 0.4) is 0 Å². The molecule has 1 aliphatic carbocycles. The van der Waals surface area contributed by atoms with Crippen LogP contribution in [0.1, 0.15) is 47.8 Å². The van der Waals surface area contributed by atoms with Gasteiger partial charge in [0, 0.05) is 21.0 Å². The molecule has 4 rings (SSSR count). The number of thiophene rings is 1. The number of carbonyl (C=O) groups is 1. The topological polar surface area (TPSA) is 140 Å². The van der Waals surface area contributed by atoms with Crippen LogP contribution in [-0.4, -0.2) is 25.6 Å². The van der Waals surface area contributed by atoms with E-state index in [2.05, 4.69) is 35.3 Å². The molecule has 0 fully saturated rings. The van der Waals surface area contributed by atoms with Gasteiger partial charge in [-0.05, 0) is 48.1 Å². The van der Waals surface area contributed by atoms with Gasteiger partial charge in [-0.2, -0.15) is 9.94 Å². The molecule has 3 aromatic heterocycles. The Morgan fingerprint density at radius 1 is 1.45 bits per heavy atom. The number of nitriles is 1. The van der Waals surface area contributed by atoms with Crippen LogP contribution in [0.5, 0.6) is 0 Å². The number of fused-ring (bicyclic) bond motifs is 1. The summed E-state index contributed by atoms with van der Waals surface area (Å²) < 4.78 is 6.67. The fraction of sp³-hybridized carbons (Fsp3) is 0.273. The summed E-state index contributed by atoms with van der Waals surface area (Å²) in [7, 11) is 0. The van der Waals surface area contributed by atoms with Crippen molar-refractivity contribution in [2.45, 2.75) is 39.2 Å². The number of anilines is 1. The van der Waals surface area contributed by atoms with Gasteiger partial charge in [0.15, 0.2) is 0 Å². The number of aromatic nitrogens is 3. The van der Waals surface area contributed by atoms with Crippen LogP contribution in [0.15, 0.2) is 34.5 Å². The van der Waals surface area contributed by atoms with E-state index in [0.29, 0.717) is 10.6 Å². The third-order valence-electron chi connectivity index (χ3n) is 5.12. The summed E-state index contributed by atoms with van der Waals surface area (Å²) in [4.78, 5) is 27.0. The molecule has 0 radical (unpaired) electrons. The molecule has 11 heteroatoms. The predicted molar refractivity (Wildman–Crippen MR) is 122 cm³/mol. The summed E-state index contributed by atoms with van der Waals surface area (Å²) in [5.74, 6) is 0.550. The van der Waals surface area contributed by atoms with Gasteiger partial charge in [0.05, 0.1) is 5.56 Å². The summed E-state index contributed by atoms with van der Waals surface area (Å²) in [6.45, 7) is 5.82. The van der Waals surface area contributed by atoms with Gasteiger partial charge in [-0.25, -0.2) is 0 Å². The Hall–Kier alpha value is -4.04. The number of hydrogen-bond donors (Lipinski definition) is 1. The molecule has 33 heavy (non-hydrogen) atoms. The quantitative estimate of drug-likeness (QED) is 0.420. The standard InChI is InChI=1S/C22H20N6O4S/c1-13-4-6-15(32-13)7-5-14-8-16-17(10-23)20(33-19(16)22(2,3)9-14)25-18(29)11-27-12-24-21(26-27)28(30)31/h4-8,12H,9,11H2,1-3H3,(H,25,29)/b7-5+. The van der Waals surface area contributed by atoms with E-state index >= 15 is 0 Å². The highest BCUT2D eigenvalue weighted by Gasteiger charge is 2.33. The van der Waals surface area contributed by atoms with Crippen molar-refractivity contribution in [3.8, 4) is 6.07 Å². The minimum atomic E-state index is -0.733. The minimum Gasteiger partial charge on any atom is -0.462 e. The third kappa shape index (κ3) is 4.61. The molecular weight excluding hydrogens is 444 g/mol. The summed E-state index contributed by atoms with van der Waals surface area (Å²) in [5.41, 5.74) is 1.99. The van der Waals surface area contributed by atoms with E-state index in [9.17, 15) is 20.2 Å². The van der Waals surface area contributed by atoms with Crippen molar-refractivity contribution in [1.29, 1.82) is 5.26 Å². The molecule has 1 amide bonds. The Kier molecular flexibility index (Phi) is 5.69. The van der Waals surface area contributed by atoms with E-state index in [-0.39, 0.29) is 12.0 Å². The molecule has 0 bridgehead atoms. The molecule has 1 N–H and O–H groups in total. The number of nitro groups is 1. The van der Waals surface area contributed by atoms with E-state index in [1.165, 1.54) is 11.3 Å². The van der Waals surface area contributed by atoms with Crippen molar-refractivity contribution >= 4 is 40.3 Å². The average molecular weight is 465 g/mol. The highest BCUT2D eigenvalue weighted by molar-refractivity contribution is 7.17. The number of furan rings is 1. The van der Waals surface area contributed by atoms with E-state index in [0.717, 1.165) is 45.0 Å².